The van der Waals surface area contributed by atoms with Crippen molar-refractivity contribution in [3.8, 4) is 11.5 Å². The summed E-state index contributed by atoms with van der Waals surface area (Å²) in [7, 11) is 0. The van der Waals surface area contributed by atoms with Crippen LogP contribution in [0.5, 0.6) is 11.5 Å². The van der Waals surface area contributed by atoms with Gasteiger partial charge in [-0.15, -0.1) is 0 Å². The van der Waals surface area contributed by atoms with E-state index in [4.69, 9.17) is 20.1 Å². The maximum Gasteiger partial charge on any atom is 0.162 e. The first kappa shape index (κ1) is 17.2. The van der Waals surface area contributed by atoms with Gasteiger partial charge >= 0.3 is 0 Å². The zero-order valence-electron chi connectivity index (χ0n) is 13.1. The minimum absolute atomic E-state index is 0.322. The van der Waals surface area contributed by atoms with Gasteiger partial charge in [0.05, 0.1) is 12.8 Å². The average molecular weight is 324 g/mol. The van der Waals surface area contributed by atoms with Crippen LogP contribution in [0.25, 0.3) is 6.08 Å². The highest BCUT2D eigenvalue weighted by atomic mass is 16.6. The molecule has 0 unspecified atom stereocenters. The number of hydroxylamine groups is 1. The van der Waals surface area contributed by atoms with Crippen LogP contribution >= 0.6 is 0 Å². The van der Waals surface area contributed by atoms with Crippen LogP contribution in [0.15, 0.2) is 83.6 Å². The number of hydrogen-bond acceptors (Lipinski definition) is 5. The molecule has 0 saturated heterocycles. The number of phenols is 1. The quantitative estimate of drug-likeness (QED) is 0.636. The third-order valence-electron chi connectivity index (χ3n) is 2.96. The summed E-state index contributed by atoms with van der Waals surface area (Å²) in [5.41, 5.74) is 8.97. The van der Waals surface area contributed by atoms with Gasteiger partial charge in [-0.1, -0.05) is 36.4 Å². The second-order valence-corrected chi connectivity index (χ2v) is 4.71. The molecule has 1 aromatic heterocycles. The second kappa shape index (κ2) is 9.76. The van der Waals surface area contributed by atoms with Gasteiger partial charge in [0.25, 0.3) is 0 Å². The van der Waals surface area contributed by atoms with E-state index in [2.05, 4.69) is 5.48 Å². The molecule has 0 aliphatic carbocycles. The van der Waals surface area contributed by atoms with Crippen molar-refractivity contribution in [1.82, 2.24) is 5.48 Å². The van der Waals surface area contributed by atoms with Crippen LogP contribution in [0.3, 0.4) is 0 Å². The maximum atomic E-state index is 8.63. The lowest BCUT2D eigenvalue weighted by atomic mass is 10.2. The predicted octanol–water partition coefficient (Wildman–Crippen LogP) is 3.68. The molecule has 5 nitrogen and oxygen atoms in total. The summed E-state index contributed by atoms with van der Waals surface area (Å²) >= 11 is 0. The third-order valence-corrected chi connectivity index (χ3v) is 2.96. The van der Waals surface area contributed by atoms with Crippen LogP contribution in [0.1, 0.15) is 11.3 Å². The van der Waals surface area contributed by atoms with E-state index in [1.807, 2.05) is 48.5 Å². The summed E-state index contributed by atoms with van der Waals surface area (Å²) in [5, 5.41) is 8.63. The van der Waals surface area contributed by atoms with Gasteiger partial charge < -0.3 is 20.1 Å². The molecule has 0 fully saturated rings. The van der Waals surface area contributed by atoms with Gasteiger partial charge in [-0.05, 0) is 36.4 Å². The zero-order valence-corrected chi connectivity index (χ0v) is 13.1. The topological polar surface area (TPSA) is 80.7 Å². The number of furan rings is 1. The Morgan fingerprint density at radius 1 is 0.917 bits per heavy atom. The highest BCUT2D eigenvalue weighted by molar-refractivity contribution is 5.57. The summed E-state index contributed by atoms with van der Waals surface area (Å²) in [6.07, 6.45) is 5.35. The van der Waals surface area contributed by atoms with Gasteiger partial charge in [0.1, 0.15) is 11.5 Å². The fraction of sp³-hybridized carbons (Fsp3) is 0.0526. The first-order valence-electron chi connectivity index (χ1n) is 7.44. The van der Waals surface area contributed by atoms with Crippen molar-refractivity contribution in [1.29, 1.82) is 0 Å². The fourth-order valence-corrected chi connectivity index (χ4v) is 1.79. The number of aromatic hydroxyl groups is 1. The summed E-state index contributed by atoms with van der Waals surface area (Å²) in [6.45, 7) is 0.493. The molecule has 4 rings (SSSR count). The lowest BCUT2D eigenvalue weighted by molar-refractivity contribution is 0.239. The predicted molar refractivity (Wildman–Crippen MR) is 93.9 cm³/mol. The van der Waals surface area contributed by atoms with Crippen molar-refractivity contribution in [2.24, 2.45) is 5.73 Å². The normalized spacial score (nSPS) is 10.7. The lowest BCUT2D eigenvalue weighted by Gasteiger charge is -2.11. The van der Waals surface area contributed by atoms with Crippen LogP contribution < -0.4 is 16.1 Å². The Morgan fingerprint density at radius 2 is 1.67 bits per heavy atom. The SMILES string of the molecule is C1=Cc2ccccc2ON1.NCc1ccco1.Oc1ccccc1. The molecule has 0 spiro atoms. The number of fused-ring (bicyclic) bond motifs is 1. The van der Waals surface area contributed by atoms with Crippen molar-refractivity contribution in [2.75, 3.05) is 0 Å². The molecule has 1 aliphatic rings. The minimum Gasteiger partial charge on any atom is -0.508 e. The molecule has 24 heavy (non-hydrogen) atoms. The van der Waals surface area contributed by atoms with E-state index in [0.29, 0.717) is 12.3 Å². The minimum atomic E-state index is 0.322. The van der Waals surface area contributed by atoms with E-state index in [1.54, 1.807) is 36.7 Å². The standard InChI is InChI=1S/C8H7NO.C6H6O.C5H7NO/c1-2-4-8-7(3-1)5-6-9-10-8;7-6-4-2-1-3-5-6;6-4-5-2-1-3-7-5/h1-6,9H;1-5,7H;1-3H,4,6H2. The van der Waals surface area contributed by atoms with Crippen molar-refractivity contribution in [2.45, 2.75) is 6.54 Å². The van der Waals surface area contributed by atoms with Gasteiger partial charge in [0.15, 0.2) is 5.75 Å². The van der Waals surface area contributed by atoms with Gasteiger partial charge in [-0.3, -0.25) is 0 Å². The molecule has 1 aliphatic heterocycles. The highest BCUT2D eigenvalue weighted by Crippen LogP contribution is 2.20. The highest BCUT2D eigenvalue weighted by Gasteiger charge is 2.01. The molecule has 0 bridgehead atoms. The first-order valence-corrected chi connectivity index (χ1v) is 7.44. The molecule has 0 radical (unpaired) electrons. The Morgan fingerprint density at radius 3 is 2.21 bits per heavy atom. The molecule has 0 amide bonds. The van der Waals surface area contributed by atoms with Crippen molar-refractivity contribution < 1.29 is 14.4 Å². The van der Waals surface area contributed by atoms with Crippen molar-refractivity contribution in [3.05, 3.63) is 90.5 Å². The van der Waals surface area contributed by atoms with Crippen LogP contribution in [0.2, 0.25) is 0 Å². The van der Waals surface area contributed by atoms with Gasteiger partial charge in [0.2, 0.25) is 0 Å². The van der Waals surface area contributed by atoms with Gasteiger partial charge in [-0.2, -0.15) is 0 Å². The molecule has 0 atom stereocenters. The number of nitrogens with one attached hydrogen (secondary N) is 1. The fourth-order valence-electron chi connectivity index (χ4n) is 1.79. The molecule has 3 aromatic rings. The van der Waals surface area contributed by atoms with E-state index in [0.717, 1.165) is 17.1 Å². The Kier molecular flexibility index (Phi) is 6.99. The summed E-state index contributed by atoms with van der Waals surface area (Å²) in [4.78, 5) is 5.09. The Bertz CT molecular complexity index is 725. The number of benzene rings is 2. The zero-order chi connectivity index (χ0) is 17.0. The molecule has 0 saturated carbocycles. The van der Waals surface area contributed by atoms with Crippen molar-refractivity contribution >= 4 is 6.08 Å². The molecule has 5 heteroatoms. The summed E-state index contributed by atoms with van der Waals surface area (Å²) < 4.78 is 4.86. The van der Waals surface area contributed by atoms with E-state index in [-0.39, 0.29) is 0 Å². The van der Waals surface area contributed by atoms with Gasteiger partial charge in [-0.25, -0.2) is 5.48 Å². The second-order valence-electron chi connectivity index (χ2n) is 4.71. The van der Waals surface area contributed by atoms with Crippen LogP contribution in [0, 0.1) is 0 Å². The van der Waals surface area contributed by atoms with E-state index >= 15 is 0 Å². The maximum absolute atomic E-state index is 8.63. The molecular formula is C19H20N2O3. The average Bonchev–Trinajstić information content (AvgIpc) is 3.17. The van der Waals surface area contributed by atoms with Crippen LogP contribution in [0.4, 0.5) is 0 Å². The number of hydrogen-bond donors (Lipinski definition) is 3. The molecule has 2 heterocycles. The number of phenolic OH excluding ortho intramolecular Hbond substituents is 1. The summed E-state index contributed by atoms with van der Waals surface area (Å²) in [6, 6.07) is 20.2. The van der Waals surface area contributed by atoms with Crippen LogP contribution in [-0.2, 0) is 6.54 Å². The van der Waals surface area contributed by atoms with Gasteiger partial charge in [0, 0.05) is 11.8 Å². The van der Waals surface area contributed by atoms with E-state index < -0.39 is 0 Å². The number of para-hydroxylation sites is 2. The first-order chi connectivity index (χ1) is 11.8. The molecule has 2 aromatic carbocycles. The third kappa shape index (κ3) is 5.90. The Labute approximate surface area is 141 Å². The van der Waals surface area contributed by atoms with E-state index in [1.165, 1.54) is 0 Å². The number of rotatable bonds is 1. The monoisotopic (exact) mass is 324 g/mol. The van der Waals surface area contributed by atoms with Crippen molar-refractivity contribution in [3.63, 3.8) is 0 Å². The smallest absolute Gasteiger partial charge is 0.162 e. The lowest BCUT2D eigenvalue weighted by Crippen LogP contribution is -2.13. The molecule has 4 N–H and O–H groups in total. The summed E-state index contributed by atoms with van der Waals surface area (Å²) in [5.74, 6) is 2.03. The number of nitrogens with two attached hydrogens (primary N) is 1. The largest absolute Gasteiger partial charge is 0.508 e. The molecular weight excluding hydrogens is 304 g/mol. The Hall–Kier alpha value is -3.18. The van der Waals surface area contributed by atoms with E-state index in [9.17, 15) is 0 Å². The molecule has 124 valence electrons. The Balaban J connectivity index is 0.000000134. The van der Waals surface area contributed by atoms with Crippen LogP contribution in [-0.4, -0.2) is 5.11 Å².